The van der Waals surface area contributed by atoms with Crippen LogP contribution in [0.5, 0.6) is 0 Å². The molecule has 4 heteroatoms. The Morgan fingerprint density at radius 2 is 2.29 bits per heavy atom. The van der Waals surface area contributed by atoms with Crippen molar-refractivity contribution in [3.05, 3.63) is 24.0 Å². The van der Waals surface area contributed by atoms with Gasteiger partial charge in [0.15, 0.2) is 0 Å². The van der Waals surface area contributed by atoms with Gasteiger partial charge in [-0.15, -0.1) is 0 Å². The van der Waals surface area contributed by atoms with E-state index in [-0.39, 0.29) is 0 Å². The Bertz CT molecular complexity index is 489. The minimum absolute atomic E-state index is 0.570. The van der Waals surface area contributed by atoms with E-state index in [1.807, 2.05) is 13.0 Å². The molecule has 0 aliphatic carbocycles. The molecule has 0 saturated heterocycles. The van der Waals surface area contributed by atoms with Crippen molar-refractivity contribution in [2.24, 2.45) is 11.7 Å². The molecule has 0 aliphatic rings. The number of benzene rings is 1. The van der Waals surface area contributed by atoms with Crippen molar-refractivity contribution in [2.75, 3.05) is 18.4 Å². The van der Waals surface area contributed by atoms with Gasteiger partial charge < -0.3 is 16.0 Å². The molecule has 1 aromatic heterocycles. The van der Waals surface area contributed by atoms with Gasteiger partial charge in [-0.2, -0.15) is 0 Å². The third-order valence-corrected chi connectivity index (χ3v) is 2.97. The van der Waals surface area contributed by atoms with Gasteiger partial charge in [-0.3, -0.25) is 0 Å². The first-order valence-electron chi connectivity index (χ1n) is 6.09. The van der Waals surface area contributed by atoms with Crippen LogP contribution in [0.4, 0.5) is 5.69 Å². The van der Waals surface area contributed by atoms with E-state index in [2.05, 4.69) is 34.3 Å². The van der Waals surface area contributed by atoms with Crippen molar-refractivity contribution in [3.8, 4) is 0 Å². The molecule has 1 aromatic carbocycles. The molecular formula is C13H20N4. The molecule has 1 atom stereocenters. The highest BCUT2D eigenvalue weighted by Crippen LogP contribution is 2.17. The van der Waals surface area contributed by atoms with Crippen LogP contribution in [0.15, 0.2) is 18.2 Å². The van der Waals surface area contributed by atoms with E-state index in [0.717, 1.165) is 42.1 Å². The number of hydrogen-bond acceptors (Lipinski definition) is 3. The summed E-state index contributed by atoms with van der Waals surface area (Å²) in [6.45, 7) is 5.84. The molecule has 0 bridgehead atoms. The van der Waals surface area contributed by atoms with Crippen LogP contribution in [0.3, 0.4) is 0 Å². The van der Waals surface area contributed by atoms with Crippen molar-refractivity contribution in [3.63, 3.8) is 0 Å². The molecular weight excluding hydrogens is 212 g/mol. The van der Waals surface area contributed by atoms with E-state index in [0.29, 0.717) is 5.92 Å². The van der Waals surface area contributed by atoms with Crippen molar-refractivity contribution in [1.82, 2.24) is 9.97 Å². The van der Waals surface area contributed by atoms with Gasteiger partial charge in [0.1, 0.15) is 5.82 Å². The van der Waals surface area contributed by atoms with Gasteiger partial charge in [-0.1, -0.05) is 6.92 Å². The summed E-state index contributed by atoms with van der Waals surface area (Å²) in [5, 5.41) is 3.41. The minimum Gasteiger partial charge on any atom is -0.385 e. The number of anilines is 1. The highest BCUT2D eigenvalue weighted by Gasteiger charge is 2.01. The van der Waals surface area contributed by atoms with Gasteiger partial charge in [-0.25, -0.2) is 4.98 Å². The van der Waals surface area contributed by atoms with E-state index in [1.165, 1.54) is 0 Å². The summed E-state index contributed by atoms with van der Waals surface area (Å²) in [4.78, 5) is 7.61. The van der Waals surface area contributed by atoms with E-state index >= 15 is 0 Å². The predicted octanol–water partition coefficient (Wildman–Crippen LogP) is 2.27. The van der Waals surface area contributed by atoms with E-state index in [1.54, 1.807) is 0 Å². The number of H-pyrrole nitrogens is 1. The fourth-order valence-electron chi connectivity index (χ4n) is 1.83. The molecule has 0 spiro atoms. The Balaban J connectivity index is 1.99. The fourth-order valence-corrected chi connectivity index (χ4v) is 1.83. The zero-order chi connectivity index (χ0) is 12.3. The van der Waals surface area contributed by atoms with Crippen LogP contribution in [0, 0.1) is 12.8 Å². The summed E-state index contributed by atoms with van der Waals surface area (Å²) in [6.07, 6.45) is 1.09. The first-order valence-corrected chi connectivity index (χ1v) is 6.09. The highest BCUT2D eigenvalue weighted by molar-refractivity contribution is 5.79. The van der Waals surface area contributed by atoms with Crippen LogP contribution in [-0.2, 0) is 0 Å². The van der Waals surface area contributed by atoms with Gasteiger partial charge in [-0.05, 0) is 44.0 Å². The molecule has 1 heterocycles. The number of nitrogens with zero attached hydrogens (tertiary/aromatic N) is 1. The number of rotatable bonds is 5. The Hall–Kier alpha value is -1.55. The highest BCUT2D eigenvalue weighted by atomic mass is 14.9. The topological polar surface area (TPSA) is 66.7 Å². The molecule has 4 N–H and O–H groups in total. The van der Waals surface area contributed by atoms with E-state index in [9.17, 15) is 0 Å². The number of nitrogens with two attached hydrogens (primary N) is 1. The molecule has 0 radical (unpaired) electrons. The van der Waals surface area contributed by atoms with Crippen LogP contribution in [-0.4, -0.2) is 23.1 Å². The van der Waals surface area contributed by atoms with Crippen LogP contribution >= 0.6 is 0 Å². The second-order valence-corrected chi connectivity index (χ2v) is 4.61. The molecule has 17 heavy (non-hydrogen) atoms. The normalized spacial score (nSPS) is 12.9. The van der Waals surface area contributed by atoms with Gasteiger partial charge in [0.2, 0.25) is 0 Å². The summed E-state index contributed by atoms with van der Waals surface area (Å²) in [5.74, 6) is 1.52. The Kier molecular flexibility index (Phi) is 3.64. The first kappa shape index (κ1) is 11.9. The molecule has 0 aliphatic heterocycles. The zero-order valence-electron chi connectivity index (χ0n) is 10.5. The Labute approximate surface area is 102 Å². The van der Waals surface area contributed by atoms with Crippen LogP contribution in [0.2, 0.25) is 0 Å². The predicted molar refractivity (Wildman–Crippen MR) is 72.2 cm³/mol. The van der Waals surface area contributed by atoms with E-state index in [4.69, 9.17) is 5.73 Å². The number of nitrogens with one attached hydrogen (secondary N) is 2. The molecule has 0 amide bonds. The lowest BCUT2D eigenvalue weighted by Crippen LogP contribution is -2.14. The third kappa shape index (κ3) is 2.97. The molecule has 0 fully saturated rings. The number of aromatic nitrogens is 2. The minimum atomic E-state index is 0.570. The van der Waals surface area contributed by atoms with Crippen LogP contribution in [0.1, 0.15) is 19.2 Å². The van der Waals surface area contributed by atoms with Crippen molar-refractivity contribution < 1.29 is 0 Å². The number of aromatic amines is 1. The molecule has 2 aromatic rings. The number of hydrogen-bond donors (Lipinski definition) is 3. The summed E-state index contributed by atoms with van der Waals surface area (Å²) in [6, 6.07) is 6.20. The lowest BCUT2D eigenvalue weighted by Gasteiger charge is -2.10. The van der Waals surface area contributed by atoms with Crippen molar-refractivity contribution in [2.45, 2.75) is 20.3 Å². The number of aryl methyl sites for hydroxylation is 1. The molecule has 4 nitrogen and oxygen atoms in total. The zero-order valence-corrected chi connectivity index (χ0v) is 10.5. The van der Waals surface area contributed by atoms with Gasteiger partial charge in [0.05, 0.1) is 11.0 Å². The monoisotopic (exact) mass is 232 g/mol. The Morgan fingerprint density at radius 1 is 1.47 bits per heavy atom. The average Bonchev–Trinajstić information content (AvgIpc) is 2.68. The quantitative estimate of drug-likeness (QED) is 0.741. The van der Waals surface area contributed by atoms with Gasteiger partial charge in [0.25, 0.3) is 0 Å². The van der Waals surface area contributed by atoms with Gasteiger partial charge in [0, 0.05) is 12.2 Å². The SMILES string of the molecule is Cc1nc2ccc(NCCC(C)CN)cc2[nH]1. The lowest BCUT2D eigenvalue weighted by molar-refractivity contribution is 0.561. The van der Waals surface area contributed by atoms with Crippen molar-refractivity contribution >= 4 is 16.7 Å². The summed E-state index contributed by atoms with van der Waals surface area (Å²) < 4.78 is 0. The van der Waals surface area contributed by atoms with Gasteiger partial charge >= 0.3 is 0 Å². The standard InChI is InChI=1S/C13H20N4/c1-9(8-14)5-6-15-11-3-4-12-13(7-11)17-10(2)16-12/h3-4,7,9,15H,5-6,8,14H2,1-2H3,(H,16,17). The summed E-state index contributed by atoms with van der Waals surface area (Å²) in [5.41, 5.74) is 8.82. The van der Waals surface area contributed by atoms with Crippen LogP contribution < -0.4 is 11.1 Å². The number of imidazole rings is 1. The maximum Gasteiger partial charge on any atom is 0.104 e. The third-order valence-electron chi connectivity index (χ3n) is 2.97. The maximum atomic E-state index is 5.59. The molecule has 1 unspecified atom stereocenters. The smallest absolute Gasteiger partial charge is 0.104 e. The molecule has 92 valence electrons. The Morgan fingerprint density at radius 3 is 3.06 bits per heavy atom. The van der Waals surface area contributed by atoms with Crippen molar-refractivity contribution in [1.29, 1.82) is 0 Å². The summed E-state index contributed by atoms with van der Waals surface area (Å²) >= 11 is 0. The summed E-state index contributed by atoms with van der Waals surface area (Å²) in [7, 11) is 0. The van der Waals surface area contributed by atoms with E-state index < -0.39 is 0 Å². The number of fused-ring (bicyclic) bond motifs is 1. The second-order valence-electron chi connectivity index (χ2n) is 4.61. The lowest BCUT2D eigenvalue weighted by atomic mass is 10.1. The average molecular weight is 232 g/mol. The molecule has 0 saturated carbocycles. The maximum absolute atomic E-state index is 5.59. The second kappa shape index (κ2) is 5.19. The molecule has 2 rings (SSSR count). The van der Waals surface area contributed by atoms with Crippen LogP contribution in [0.25, 0.3) is 11.0 Å². The first-order chi connectivity index (χ1) is 8.19. The fraction of sp³-hybridized carbons (Fsp3) is 0.462. The largest absolute Gasteiger partial charge is 0.385 e.